The number of methoxy groups -OCH3 is 1. The molecule has 0 unspecified atom stereocenters. The van der Waals surface area contributed by atoms with Crippen molar-refractivity contribution in [2.45, 2.75) is 0 Å². The number of ether oxygens (including phenoxy) is 1. The lowest BCUT2D eigenvalue weighted by molar-refractivity contribution is 0.412. The van der Waals surface area contributed by atoms with Gasteiger partial charge in [-0.15, -0.1) is 0 Å². The Morgan fingerprint density at radius 1 is 1.33 bits per heavy atom. The van der Waals surface area contributed by atoms with Crippen molar-refractivity contribution in [2.24, 2.45) is 0 Å². The summed E-state index contributed by atoms with van der Waals surface area (Å²) in [5.41, 5.74) is 0.440. The second-order valence-electron chi connectivity index (χ2n) is 2.04. The fourth-order valence-corrected chi connectivity index (χ4v) is 1.99. The van der Waals surface area contributed by atoms with Crippen molar-refractivity contribution in [1.29, 1.82) is 5.39 Å². The average molecular weight is 293 g/mol. The Kier molecular flexibility index (Phi) is 3.06. The number of hydrogen-bond acceptors (Lipinski definition) is 2. The highest BCUT2D eigenvalue weighted by Crippen LogP contribution is 2.35. The van der Waals surface area contributed by atoms with E-state index in [-0.39, 0.29) is 0 Å². The predicted molar refractivity (Wildman–Crippen MR) is 53.1 cm³/mol. The van der Waals surface area contributed by atoms with Crippen molar-refractivity contribution < 1.29 is 4.74 Å². The summed E-state index contributed by atoms with van der Waals surface area (Å²) in [5.74, 6) is 0.631. The molecule has 62 valence electrons. The normalized spacial score (nSPS) is 9.17. The van der Waals surface area contributed by atoms with Crippen LogP contribution < -0.4 is 4.74 Å². The molecule has 0 aliphatic carbocycles. The van der Waals surface area contributed by atoms with E-state index in [4.69, 9.17) is 10.1 Å². The molecule has 0 aliphatic heterocycles. The molecule has 1 rings (SSSR count). The van der Waals surface area contributed by atoms with Crippen LogP contribution >= 0.6 is 31.9 Å². The SMILES string of the molecule is COc1cc([N+]#N)c(Br)cc1Br. The third-order valence-corrected chi connectivity index (χ3v) is 2.58. The second-order valence-corrected chi connectivity index (χ2v) is 3.75. The van der Waals surface area contributed by atoms with Crippen LogP contribution in [0.2, 0.25) is 0 Å². The lowest BCUT2D eigenvalue weighted by atomic mass is 10.3. The zero-order chi connectivity index (χ0) is 9.14. The molecule has 0 saturated carbocycles. The van der Waals surface area contributed by atoms with Crippen molar-refractivity contribution >= 4 is 37.5 Å². The van der Waals surface area contributed by atoms with Crippen molar-refractivity contribution in [3.05, 3.63) is 26.1 Å². The van der Waals surface area contributed by atoms with E-state index in [1.807, 2.05) is 0 Å². The molecule has 0 atom stereocenters. The first kappa shape index (κ1) is 9.49. The van der Waals surface area contributed by atoms with Gasteiger partial charge in [0.05, 0.1) is 17.6 Å². The van der Waals surface area contributed by atoms with Crippen LogP contribution in [-0.4, -0.2) is 7.11 Å². The molecule has 0 amide bonds. The maximum absolute atomic E-state index is 8.55. The van der Waals surface area contributed by atoms with E-state index >= 15 is 0 Å². The van der Waals surface area contributed by atoms with Crippen LogP contribution in [0.3, 0.4) is 0 Å². The van der Waals surface area contributed by atoms with E-state index in [1.165, 1.54) is 0 Å². The Bertz CT molecular complexity index is 346. The highest BCUT2D eigenvalue weighted by molar-refractivity contribution is 9.11. The Morgan fingerprint density at radius 2 is 2.00 bits per heavy atom. The van der Waals surface area contributed by atoms with Crippen molar-refractivity contribution in [2.75, 3.05) is 7.11 Å². The Labute approximate surface area is 86.6 Å². The molecule has 3 nitrogen and oxygen atoms in total. The average Bonchev–Trinajstić information content (AvgIpc) is 2.05. The predicted octanol–water partition coefficient (Wildman–Crippen LogP) is 3.70. The fourth-order valence-electron chi connectivity index (χ4n) is 0.751. The molecule has 0 aromatic heterocycles. The highest BCUT2D eigenvalue weighted by atomic mass is 79.9. The van der Waals surface area contributed by atoms with Crippen LogP contribution in [0.1, 0.15) is 0 Å². The summed E-state index contributed by atoms with van der Waals surface area (Å²) in [6, 6.07) is 3.38. The monoisotopic (exact) mass is 291 g/mol. The maximum Gasteiger partial charge on any atom is 0.402 e. The fraction of sp³-hybridized carbons (Fsp3) is 0.143. The van der Waals surface area contributed by atoms with Gasteiger partial charge in [0.1, 0.15) is 10.2 Å². The molecule has 1 aromatic carbocycles. The largest absolute Gasteiger partial charge is 0.495 e. The summed E-state index contributed by atoms with van der Waals surface area (Å²) < 4.78 is 6.52. The first-order valence-electron chi connectivity index (χ1n) is 3.07. The summed E-state index contributed by atoms with van der Waals surface area (Å²) in [4.78, 5) is 3.07. The third kappa shape index (κ3) is 1.76. The molecule has 12 heavy (non-hydrogen) atoms. The summed E-state index contributed by atoms with van der Waals surface area (Å²) in [6.07, 6.45) is 0. The number of nitrogens with zero attached hydrogens (tertiary/aromatic N) is 2. The van der Waals surface area contributed by atoms with Crippen LogP contribution in [-0.2, 0) is 0 Å². The molecule has 0 radical (unpaired) electrons. The van der Waals surface area contributed by atoms with Gasteiger partial charge in [0, 0.05) is 0 Å². The summed E-state index contributed by atoms with van der Waals surface area (Å²) in [5, 5.41) is 8.55. The number of hydrogen-bond donors (Lipinski definition) is 0. The highest BCUT2D eigenvalue weighted by Gasteiger charge is 2.15. The molecule has 5 heteroatoms. The maximum atomic E-state index is 8.55. The molecule has 0 bridgehead atoms. The van der Waals surface area contributed by atoms with Gasteiger partial charge >= 0.3 is 5.69 Å². The van der Waals surface area contributed by atoms with E-state index in [0.29, 0.717) is 15.9 Å². The molecule has 0 saturated heterocycles. The Morgan fingerprint density at radius 3 is 2.50 bits per heavy atom. The first-order chi connectivity index (χ1) is 5.69. The van der Waals surface area contributed by atoms with Gasteiger partial charge < -0.3 is 4.74 Å². The van der Waals surface area contributed by atoms with Gasteiger partial charge in [0.2, 0.25) is 5.39 Å². The van der Waals surface area contributed by atoms with E-state index in [2.05, 4.69) is 36.8 Å². The van der Waals surface area contributed by atoms with Gasteiger partial charge in [0.25, 0.3) is 0 Å². The minimum atomic E-state index is 0.440. The number of rotatable bonds is 1. The summed E-state index contributed by atoms with van der Waals surface area (Å²) in [6.45, 7) is 0. The molecular formula is C7H5Br2N2O+. The second kappa shape index (κ2) is 3.87. The summed E-state index contributed by atoms with van der Waals surface area (Å²) in [7, 11) is 1.55. The van der Waals surface area contributed by atoms with E-state index in [0.717, 1.165) is 4.47 Å². The van der Waals surface area contributed by atoms with Crippen molar-refractivity contribution in [3.63, 3.8) is 0 Å². The zero-order valence-corrected chi connectivity index (χ0v) is 9.39. The first-order valence-corrected chi connectivity index (χ1v) is 4.65. The molecule has 0 spiro atoms. The van der Waals surface area contributed by atoms with E-state index in [1.54, 1.807) is 19.2 Å². The lowest BCUT2D eigenvalue weighted by Gasteiger charge is -1.99. The van der Waals surface area contributed by atoms with Crippen LogP contribution in [0.5, 0.6) is 5.75 Å². The topological polar surface area (TPSA) is 37.4 Å². The minimum Gasteiger partial charge on any atom is -0.495 e. The smallest absolute Gasteiger partial charge is 0.402 e. The van der Waals surface area contributed by atoms with Gasteiger partial charge in [-0.2, -0.15) is 0 Å². The molecule has 1 aromatic rings. The molecular weight excluding hydrogens is 288 g/mol. The van der Waals surface area contributed by atoms with Crippen LogP contribution in [0.15, 0.2) is 21.1 Å². The summed E-state index contributed by atoms with van der Waals surface area (Å²) >= 11 is 6.52. The minimum absolute atomic E-state index is 0.440. The molecule has 0 fully saturated rings. The lowest BCUT2D eigenvalue weighted by Crippen LogP contribution is -1.83. The van der Waals surface area contributed by atoms with Crippen molar-refractivity contribution in [1.82, 2.24) is 0 Å². The van der Waals surface area contributed by atoms with Crippen LogP contribution in [0, 0.1) is 5.39 Å². The zero-order valence-electron chi connectivity index (χ0n) is 6.21. The molecule has 0 heterocycles. The van der Waals surface area contributed by atoms with Gasteiger partial charge in [-0.1, -0.05) is 0 Å². The number of halogens is 2. The standard InChI is InChI=1S/C7H5Br2N2O/c1-12-7-3-6(11-10)4(8)2-5(7)9/h2-3H,1H3/q+1. The van der Waals surface area contributed by atoms with Gasteiger partial charge in [-0.25, -0.2) is 0 Å². The van der Waals surface area contributed by atoms with Gasteiger partial charge in [0.15, 0.2) is 4.98 Å². The molecule has 0 N–H and O–H groups in total. The van der Waals surface area contributed by atoms with Crippen LogP contribution in [0.25, 0.3) is 4.98 Å². The van der Waals surface area contributed by atoms with Crippen molar-refractivity contribution in [3.8, 4) is 5.75 Å². The van der Waals surface area contributed by atoms with Crippen LogP contribution in [0.4, 0.5) is 5.69 Å². The number of benzene rings is 1. The Hall–Kier alpha value is -0.600. The van der Waals surface area contributed by atoms with Gasteiger partial charge in [-0.05, 0) is 37.9 Å². The van der Waals surface area contributed by atoms with E-state index in [9.17, 15) is 0 Å². The van der Waals surface area contributed by atoms with Gasteiger partial charge in [-0.3, -0.25) is 0 Å². The number of diazo groups is 1. The quantitative estimate of drug-likeness (QED) is 0.740. The van der Waals surface area contributed by atoms with E-state index < -0.39 is 0 Å². The molecule has 0 aliphatic rings. The third-order valence-electron chi connectivity index (χ3n) is 1.33. The Balaban J connectivity index is 3.30.